The van der Waals surface area contributed by atoms with Crippen LogP contribution in [-0.4, -0.2) is 24.2 Å². The van der Waals surface area contributed by atoms with Crippen molar-refractivity contribution < 1.29 is 19.4 Å². The van der Waals surface area contributed by atoms with Crippen LogP contribution in [0.1, 0.15) is 22.3 Å². The standard InChI is InChI=1S/C12H9BrO4/c1-17-12(16)9-6-5-8(10(13)7-9)3-2-4-11(14)15/h5-7H,4H2,1H3,(H,14,15). The molecule has 1 aromatic rings. The minimum Gasteiger partial charge on any atom is -0.481 e. The molecule has 17 heavy (non-hydrogen) atoms. The molecule has 0 amide bonds. The number of hydrogen-bond donors (Lipinski definition) is 1. The van der Waals surface area contributed by atoms with Crippen LogP contribution in [0.25, 0.3) is 0 Å². The summed E-state index contributed by atoms with van der Waals surface area (Å²) in [6.45, 7) is 0. The van der Waals surface area contributed by atoms with E-state index in [1.807, 2.05) is 0 Å². The minimum atomic E-state index is -0.972. The monoisotopic (exact) mass is 296 g/mol. The molecule has 1 N–H and O–H groups in total. The van der Waals surface area contributed by atoms with Crippen molar-refractivity contribution >= 4 is 27.9 Å². The first-order valence-electron chi connectivity index (χ1n) is 4.63. The number of aliphatic carboxylic acids is 1. The van der Waals surface area contributed by atoms with E-state index < -0.39 is 11.9 Å². The molecule has 4 nitrogen and oxygen atoms in total. The number of carboxylic acid groups (broad SMARTS) is 1. The number of benzene rings is 1. The van der Waals surface area contributed by atoms with E-state index in [2.05, 4.69) is 32.5 Å². The van der Waals surface area contributed by atoms with Crippen LogP contribution in [0, 0.1) is 11.8 Å². The Hall–Kier alpha value is -1.80. The smallest absolute Gasteiger partial charge is 0.337 e. The van der Waals surface area contributed by atoms with Crippen molar-refractivity contribution in [3.8, 4) is 11.8 Å². The third-order valence-corrected chi connectivity index (χ3v) is 2.51. The normalized spacial score (nSPS) is 9.06. The average Bonchev–Trinajstić information content (AvgIpc) is 2.29. The van der Waals surface area contributed by atoms with Gasteiger partial charge in [0.1, 0.15) is 6.42 Å². The number of rotatable bonds is 2. The highest BCUT2D eigenvalue weighted by Gasteiger charge is 2.07. The molecule has 1 rings (SSSR count). The lowest BCUT2D eigenvalue weighted by atomic mass is 10.1. The second-order valence-corrected chi connectivity index (χ2v) is 3.91. The van der Waals surface area contributed by atoms with Crippen molar-refractivity contribution in [3.05, 3.63) is 33.8 Å². The lowest BCUT2D eigenvalue weighted by molar-refractivity contribution is -0.135. The number of carbonyl (C=O) groups is 2. The molecule has 0 saturated carbocycles. The van der Waals surface area contributed by atoms with Crippen LogP contribution in [0.3, 0.4) is 0 Å². The summed E-state index contributed by atoms with van der Waals surface area (Å²) in [6, 6.07) is 4.78. The Balaban J connectivity index is 2.93. The van der Waals surface area contributed by atoms with E-state index in [1.165, 1.54) is 7.11 Å². The summed E-state index contributed by atoms with van der Waals surface area (Å²) in [4.78, 5) is 21.5. The lowest BCUT2D eigenvalue weighted by Crippen LogP contribution is -2.01. The third kappa shape index (κ3) is 3.93. The molecule has 0 aliphatic carbocycles. The Labute approximate surface area is 107 Å². The molecular formula is C12H9BrO4. The molecule has 0 aromatic heterocycles. The number of ether oxygens (including phenoxy) is 1. The minimum absolute atomic E-state index is 0.217. The Kier molecular flexibility index (Phi) is 4.73. The van der Waals surface area contributed by atoms with E-state index in [0.29, 0.717) is 15.6 Å². The number of carbonyl (C=O) groups excluding carboxylic acids is 1. The molecule has 5 heteroatoms. The molecular weight excluding hydrogens is 288 g/mol. The molecule has 0 unspecified atom stereocenters. The first-order valence-corrected chi connectivity index (χ1v) is 5.42. The van der Waals surface area contributed by atoms with Crippen molar-refractivity contribution in [3.63, 3.8) is 0 Å². The number of methoxy groups -OCH3 is 1. The fourth-order valence-electron chi connectivity index (χ4n) is 1.08. The summed E-state index contributed by atoms with van der Waals surface area (Å²) in [6.07, 6.45) is -0.217. The van der Waals surface area contributed by atoms with Crippen LogP contribution in [-0.2, 0) is 9.53 Å². The molecule has 88 valence electrons. The maximum absolute atomic E-state index is 11.2. The predicted octanol–water partition coefficient (Wildman–Crippen LogP) is 2.06. The van der Waals surface area contributed by atoms with Gasteiger partial charge in [0.15, 0.2) is 0 Å². The molecule has 0 heterocycles. The first kappa shape index (κ1) is 13.3. The predicted molar refractivity (Wildman–Crippen MR) is 64.6 cm³/mol. The van der Waals surface area contributed by atoms with Gasteiger partial charge in [-0.05, 0) is 34.1 Å². The van der Waals surface area contributed by atoms with Gasteiger partial charge in [-0.3, -0.25) is 4.79 Å². The Bertz CT molecular complexity index is 511. The van der Waals surface area contributed by atoms with Crippen LogP contribution in [0.2, 0.25) is 0 Å². The maximum Gasteiger partial charge on any atom is 0.337 e. The molecule has 0 atom stereocenters. The molecule has 0 fully saturated rings. The van der Waals surface area contributed by atoms with Crippen molar-refractivity contribution in [2.75, 3.05) is 7.11 Å². The highest BCUT2D eigenvalue weighted by molar-refractivity contribution is 9.10. The number of carboxylic acids is 1. The van der Waals surface area contributed by atoms with E-state index in [4.69, 9.17) is 5.11 Å². The summed E-state index contributed by atoms with van der Waals surface area (Å²) >= 11 is 3.25. The van der Waals surface area contributed by atoms with Gasteiger partial charge in [0.2, 0.25) is 0 Å². The van der Waals surface area contributed by atoms with Crippen LogP contribution >= 0.6 is 15.9 Å². The molecule has 0 bridgehead atoms. The number of esters is 1. The van der Waals surface area contributed by atoms with Gasteiger partial charge < -0.3 is 9.84 Å². The Morgan fingerprint density at radius 1 is 1.47 bits per heavy atom. The SMILES string of the molecule is COC(=O)c1ccc(C#CCC(=O)O)c(Br)c1. The summed E-state index contributed by atoms with van der Waals surface area (Å²) in [5.41, 5.74) is 1.03. The van der Waals surface area contributed by atoms with Crippen LogP contribution < -0.4 is 0 Å². The Morgan fingerprint density at radius 3 is 2.71 bits per heavy atom. The fraction of sp³-hybridized carbons (Fsp3) is 0.167. The van der Waals surface area contributed by atoms with Gasteiger partial charge in [0.05, 0.1) is 12.7 Å². The molecule has 0 spiro atoms. The highest BCUT2D eigenvalue weighted by Crippen LogP contribution is 2.18. The summed E-state index contributed by atoms with van der Waals surface area (Å²) in [5.74, 6) is 3.80. The largest absolute Gasteiger partial charge is 0.481 e. The highest BCUT2D eigenvalue weighted by atomic mass is 79.9. The zero-order valence-corrected chi connectivity index (χ0v) is 10.6. The summed E-state index contributed by atoms with van der Waals surface area (Å²) in [5, 5.41) is 8.43. The second kappa shape index (κ2) is 6.06. The first-order chi connectivity index (χ1) is 8.04. The zero-order valence-electron chi connectivity index (χ0n) is 8.99. The van der Waals surface area contributed by atoms with Gasteiger partial charge in [-0.2, -0.15) is 0 Å². The molecule has 0 saturated heterocycles. The van der Waals surface area contributed by atoms with Crippen molar-refractivity contribution in [2.24, 2.45) is 0 Å². The van der Waals surface area contributed by atoms with E-state index >= 15 is 0 Å². The van der Waals surface area contributed by atoms with Gasteiger partial charge in [0.25, 0.3) is 0 Å². The van der Waals surface area contributed by atoms with E-state index in [1.54, 1.807) is 18.2 Å². The van der Waals surface area contributed by atoms with Crippen molar-refractivity contribution in [1.29, 1.82) is 0 Å². The molecule has 1 aromatic carbocycles. The molecule has 0 aliphatic rings. The third-order valence-electron chi connectivity index (χ3n) is 1.85. The Morgan fingerprint density at radius 2 is 2.18 bits per heavy atom. The van der Waals surface area contributed by atoms with Crippen LogP contribution in [0.5, 0.6) is 0 Å². The maximum atomic E-state index is 11.2. The fourth-order valence-corrected chi connectivity index (χ4v) is 1.55. The summed E-state index contributed by atoms with van der Waals surface area (Å²) < 4.78 is 5.19. The lowest BCUT2D eigenvalue weighted by Gasteiger charge is -2.01. The molecule has 0 aliphatic heterocycles. The van der Waals surface area contributed by atoms with Gasteiger partial charge in [-0.25, -0.2) is 4.79 Å². The van der Waals surface area contributed by atoms with Crippen LogP contribution in [0.15, 0.2) is 22.7 Å². The number of hydrogen-bond acceptors (Lipinski definition) is 3. The van der Waals surface area contributed by atoms with Crippen molar-refractivity contribution in [2.45, 2.75) is 6.42 Å². The van der Waals surface area contributed by atoms with Gasteiger partial charge >= 0.3 is 11.9 Å². The van der Waals surface area contributed by atoms with Gasteiger partial charge in [-0.15, -0.1) is 0 Å². The molecule has 0 radical (unpaired) electrons. The quantitative estimate of drug-likeness (QED) is 0.670. The topological polar surface area (TPSA) is 63.6 Å². The van der Waals surface area contributed by atoms with E-state index in [9.17, 15) is 9.59 Å². The van der Waals surface area contributed by atoms with Crippen molar-refractivity contribution in [1.82, 2.24) is 0 Å². The number of halogens is 1. The zero-order chi connectivity index (χ0) is 12.8. The van der Waals surface area contributed by atoms with E-state index in [-0.39, 0.29) is 6.42 Å². The van der Waals surface area contributed by atoms with Gasteiger partial charge in [0, 0.05) is 10.0 Å². The van der Waals surface area contributed by atoms with E-state index in [0.717, 1.165) is 0 Å². The average molecular weight is 297 g/mol. The summed E-state index contributed by atoms with van der Waals surface area (Å²) in [7, 11) is 1.30. The van der Waals surface area contributed by atoms with Gasteiger partial charge in [-0.1, -0.05) is 11.8 Å². The second-order valence-electron chi connectivity index (χ2n) is 3.06. The van der Waals surface area contributed by atoms with Crippen LogP contribution in [0.4, 0.5) is 0 Å².